The Kier molecular flexibility index (Phi) is 5.59. The molecule has 0 N–H and O–H groups in total. The van der Waals surface area contributed by atoms with Crippen LogP contribution in [0.3, 0.4) is 0 Å². The third-order valence-electron chi connectivity index (χ3n) is 10.8. The lowest BCUT2D eigenvalue weighted by Gasteiger charge is -2.18. The molecule has 236 valence electrons. The van der Waals surface area contributed by atoms with Crippen LogP contribution in [0, 0.1) is 0 Å². The maximum Gasteiger partial charge on any atom is 0.143 e. The first-order valence-electron chi connectivity index (χ1n) is 17.3. The molecule has 0 aliphatic heterocycles. The second-order valence-corrected chi connectivity index (χ2v) is 15.7. The van der Waals surface area contributed by atoms with Crippen molar-refractivity contribution in [3.8, 4) is 22.3 Å². The minimum Gasteiger partial charge on any atom is -0.455 e. The van der Waals surface area contributed by atoms with Crippen LogP contribution in [0.2, 0.25) is 0 Å². The first-order chi connectivity index (χ1) is 25.3. The van der Waals surface area contributed by atoms with E-state index in [1.54, 1.807) is 0 Å². The Morgan fingerprint density at radius 1 is 0.314 bits per heavy atom. The zero-order chi connectivity index (χ0) is 33.2. The van der Waals surface area contributed by atoms with Crippen LogP contribution in [0.5, 0.6) is 0 Å². The highest BCUT2D eigenvalue weighted by atomic mass is 32.1. The number of furan rings is 1. The van der Waals surface area contributed by atoms with E-state index >= 15 is 0 Å². The van der Waals surface area contributed by atoms with Crippen LogP contribution in [0.15, 0.2) is 162 Å². The van der Waals surface area contributed by atoms with Gasteiger partial charge in [-0.3, -0.25) is 0 Å². The van der Waals surface area contributed by atoms with Crippen molar-refractivity contribution < 1.29 is 4.42 Å². The molecule has 0 atom stereocenters. The number of rotatable bonds is 2. The summed E-state index contributed by atoms with van der Waals surface area (Å²) in [6.07, 6.45) is 0. The molecule has 0 spiro atoms. The number of fused-ring (bicyclic) bond motifs is 13. The molecule has 3 heteroatoms. The summed E-state index contributed by atoms with van der Waals surface area (Å²) < 4.78 is 12.0. The Morgan fingerprint density at radius 3 is 1.47 bits per heavy atom. The van der Waals surface area contributed by atoms with Gasteiger partial charge in [0.25, 0.3) is 0 Å². The van der Waals surface area contributed by atoms with Gasteiger partial charge in [0.05, 0.1) is 0 Å². The molecule has 0 radical (unpaired) electrons. The van der Waals surface area contributed by atoms with E-state index in [1.165, 1.54) is 89.5 Å². The predicted molar refractivity (Wildman–Crippen MR) is 223 cm³/mol. The summed E-state index contributed by atoms with van der Waals surface area (Å²) in [6, 6.07) is 58.3. The molecule has 3 heterocycles. The van der Waals surface area contributed by atoms with Crippen LogP contribution in [0.1, 0.15) is 0 Å². The number of benzene rings is 9. The third kappa shape index (κ3) is 3.90. The normalized spacial score (nSPS) is 12.3. The van der Waals surface area contributed by atoms with Gasteiger partial charge in [-0.1, -0.05) is 103 Å². The van der Waals surface area contributed by atoms with Crippen molar-refractivity contribution in [1.29, 1.82) is 0 Å². The van der Waals surface area contributed by atoms with Crippen LogP contribution in [0.25, 0.3) is 117 Å². The van der Waals surface area contributed by atoms with Gasteiger partial charge in [0.1, 0.15) is 11.2 Å². The van der Waals surface area contributed by atoms with Crippen LogP contribution in [-0.4, -0.2) is 0 Å². The lowest BCUT2D eigenvalue weighted by molar-refractivity contribution is 0.673. The molecule has 0 aliphatic carbocycles. The third-order valence-corrected chi connectivity index (χ3v) is 13.1. The van der Waals surface area contributed by atoms with Crippen LogP contribution < -0.4 is 0 Å². The quantitative estimate of drug-likeness (QED) is 0.165. The average Bonchev–Trinajstić information content (AvgIpc) is 3.86. The molecule has 0 fully saturated rings. The van der Waals surface area contributed by atoms with Gasteiger partial charge in [-0.15, -0.1) is 22.7 Å². The fraction of sp³-hybridized carbons (Fsp3) is 0. The SMILES string of the molecule is c1ccc2c(c1)sc1ccc(-c3c4ccccc4c(-c4ccc5oc6c7cc8c(cc7ccc6c5c4)sc4ccccc48)c4ccccc34)cc12. The lowest BCUT2D eigenvalue weighted by Crippen LogP contribution is -1.90. The zero-order valence-electron chi connectivity index (χ0n) is 27.2. The predicted octanol–water partition coefficient (Wildman–Crippen LogP) is 15.1. The van der Waals surface area contributed by atoms with Crippen molar-refractivity contribution in [2.24, 2.45) is 0 Å². The van der Waals surface area contributed by atoms with E-state index in [0.29, 0.717) is 0 Å². The summed E-state index contributed by atoms with van der Waals surface area (Å²) in [4.78, 5) is 0. The molecule has 51 heavy (non-hydrogen) atoms. The molecule has 0 unspecified atom stereocenters. The summed E-state index contributed by atoms with van der Waals surface area (Å²) in [5, 5.41) is 15.0. The maximum atomic E-state index is 6.71. The van der Waals surface area contributed by atoms with Gasteiger partial charge in [-0.05, 0) is 104 Å². The van der Waals surface area contributed by atoms with Gasteiger partial charge in [0, 0.05) is 56.5 Å². The zero-order valence-corrected chi connectivity index (χ0v) is 28.9. The molecule has 0 amide bonds. The van der Waals surface area contributed by atoms with E-state index in [2.05, 4.69) is 158 Å². The minimum absolute atomic E-state index is 0.915. The van der Waals surface area contributed by atoms with Crippen molar-refractivity contribution in [3.05, 3.63) is 158 Å². The Morgan fingerprint density at radius 2 is 0.824 bits per heavy atom. The first kappa shape index (κ1) is 27.8. The molecule has 1 nitrogen and oxygen atoms in total. The Balaban J connectivity index is 1.11. The molecule has 0 bridgehead atoms. The number of hydrogen-bond acceptors (Lipinski definition) is 3. The Hall–Kier alpha value is -6.00. The minimum atomic E-state index is 0.915. The molecule has 0 saturated carbocycles. The fourth-order valence-corrected chi connectivity index (χ4v) is 10.8. The molecule has 9 aromatic carbocycles. The van der Waals surface area contributed by atoms with E-state index in [0.717, 1.165) is 27.3 Å². The van der Waals surface area contributed by atoms with E-state index in [4.69, 9.17) is 4.42 Å². The van der Waals surface area contributed by atoms with Crippen LogP contribution in [-0.2, 0) is 0 Å². The number of thiophene rings is 2. The van der Waals surface area contributed by atoms with Gasteiger partial charge in [0.2, 0.25) is 0 Å². The number of hydrogen-bond donors (Lipinski definition) is 0. The monoisotopic (exact) mass is 682 g/mol. The summed E-state index contributed by atoms with van der Waals surface area (Å²) in [6.45, 7) is 0. The molecule has 3 aromatic heterocycles. The van der Waals surface area contributed by atoms with Gasteiger partial charge < -0.3 is 4.42 Å². The average molecular weight is 683 g/mol. The smallest absolute Gasteiger partial charge is 0.143 e. The second kappa shape index (κ2) is 10.3. The highest BCUT2D eigenvalue weighted by molar-refractivity contribution is 7.26. The van der Waals surface area contributed by atoms with Crippen molar-refractivity contribution in [3.63, 3.8) is 0 Å². The highest BCUT2D eigenvalue weighted by Crippen LogP contribution is 2.47. The van der Waals surface area contributed by atoms with Crippen molar-refractivity contribution in [2.75, 3.05) is 0 Å². The standard InChI is InChI=1S/C48H26OS2/c1-3-13-34-32(11-1)46(33-12-2-4-14-35(33)47(34)29-19-22-44-39(24-29)30-9-5-7-15-42(30)50-44)28-18-21-41-38(23-28)36-20-17-27-25-45-40(26-37(27)48(36)49-41)31-10-6-8-16-43(31)51-45/h1-26H. The molecule has 0 saturated heterocycles. The van der Waals surface area contributed by atoms with Crippen molar-refractivity contribution >= 4 is 117 Å². The summed E-state index contributed by atoms with van der Waals surface area (Å²) in [5.41, 5.74) is 6.87. The fourth-order valence-electron chi connectivity index (χ4n) is 8.56. The highest BCUT2D eigenvalue weighted by Gasteiger charge is 2.19. The van der Waals surface area contributed by atoms with E-state index in [-0.39, 0.29) is 0 Å². The van der Waals surface area contributed by atoms with Crippen LogP contribution in [0.4, 0.5) is 0 Å². The molecule has 0 aliphatic rings. The first-order valence-corrected chi connectivity index (χ1v) is 19.0. The topological polar surface area (TPSA) is 13.1 Å². The lowest BCUT2D eigenvalue weighted by atomic mass is 9.85. The van der Waals surface area contributed by atoms with E-state index < -0.39 is 0 Å². The van der Waals surface area contributed by atoms with Crippen LogP contribution >= 0.6 is 22.7 Å². The molecular weight excluding hydrogens is 657 g/mol. The maximum absolute atomic E-state index is 6.71. The second-order valence-electron chi connectivity index (χ2n) is 13.6. The molecule has 12 aromatic rings. The molecular formula is C48H26OS2. The summed E-state index contributed by atoms with van der Waals surface area (Å²) in [7, 11) is 0. The van der Waals surface area contributed by atoms with Crippen molar-refractivity contribution in [1.82, 2.24) is 0 Å². The summed E-state index contributed by atoms with van der Waals surface area (Å²) in [5.74, 6) is 0. The molecule has 12 rings (SSSR count). The van der Waals surface area contributed by atoms with Crippen molar-refractivity contribution in [2.45, 2.75) is 0 Å². The van der Waals surface area contributed by atoms with Gasteiger partial charge in [-0.2, -0.15) is 0 Å². The van der Waals surface area contributed by atoms with Gasteiger partial charge in [-0.25, -0.2) is 0 Å². The largest absolute Gasteiger partial charge is 0.455 e. The van der Waals surface area contributed by atoms with E-state index in [9.17, 15) is 0 Å². The van der Waals surface area contributed by atoms with Gasteiger partial charge >= 0.3 is 0 Å². The summed E-state index contributed by atoms with van der Waals surface area (Å²) >= 11 is 3.73. The Labute approximate surface area is 300 Å². The van der Waals surface area contributed by atoms with E-state index in [1.807, 2.05) is 22.7 Å². The Bertz CT molecular complexity index is 3370. The van der Waals surface area contributed by atoms with Gasteiger partial charge in [0.15, 0.2) is 0 Å².